The van der Waals surface area contributed by atoms with E-state index >= 15 is 0 Å². The van der Waals surface area contributed by atoms with Gasteiger partial charge in [0.25, 0.3) is 0 Å². The Balaban J connectivity index is 2.95. The second-order valence-corrected chi connectivity index (χ2v) is 3.45. The van der Waals surface area contributed by atoms with Crippen LogP contribution < -0.4 is 0 Å². The van der Waals surface area contributed by atoms with E-state index in [0.717, 1.165) is 5.01 Å². The highest BCUT2D eigenvalue weighted by Crippen LogP contribution is 2.20. The van der Waals surface area contributed by atoms with Crippen LogP contribution in [0.5, 0.6) is 0 Å². The number of aryl methyl sites for hydroxylation is 1. The molecule has 0 fully saturated rings. The fourth-order valence-electron chi connectivity index (χ4n) is 0.686. The maximum absolute atomic E-state index is 4.16. The number of hydrogen-bond donors (Lipinski definition) is 0. The Morgan fingerprint density at radius 3 is 2.80 bits per heavy atom. The summed E-state index contributed by atoms with van der Waals surface area (Å²) in [7, 11) is 0. The lowest BCUT2D eigenvalue weighted by molar-refractivity contribution is 1.29. The first-order valence-corrected chi connectivity index (χ1v) is 4.11. The summed E-state index contributed by atoms with van der Waals surface area (Å²) in [6, 6.07) is 0. The van der Waals surface area contributed by atoms with Gasteiger partial charge in [0.15, 0.2) is 0 Å². The van der Waals surface area contributed by atoms with Crippen molar-refractivity contribution in [2.45, 2.75) is 20.8 Å². The van der Waals surface area contributed by atoms with Gasteiger partial charge in [-0.1, -0.05) is 6.08 Å². The number of nitrogens with zero attached hydrogens (tertiary/aromatic N) is 1. The molecule has 0 aliphatic heterocycles. The molecule has 0 N–H and O–H groups in total. The predicted molar refractivity (Wildman–Crippen MR) is 46.2 cm³/mol. The third kappa shape index (κ3) is 1.45. The Hall–Kier alpha value is -0.630. The van der Waals surface area contributed by atoms with E-state index in [4.69, 9.17) is 0 Å². The van der Waals surface area contributed by atoms with E-state index in [9.17, 15) is 0 Å². The molecule has 0 bridgehead atoms. The van der Waals surface area contributed by atoms with Crippen molar-refractivity contribution in [1.82, 2.24) is 4.98 Å². The smallest absolute Gasteiger partial charge is 0.0900 e. The average molecular weight is 153 g/mol. The average Bonchev–Trinajstić information content (AvgIpc) is 2.34. The lowest BCUT2D eigenvalue weighted by Gasteiger charge is -1.89. The standard InChI is InChI=1S/C8H11NS/c1-4-6(2)8-5-9-7(3)10-8/h4-5H,1-3H3/b6-4+. The summed E-state index contributed by atoms with van der Waals surface area (Å²) in [5.74, 6) is 0. The minimum Gasteiger partial charge on any atom is -0.249 e. The zero-order valence-corrected chi connectivity index (χ0v) is 7.33. The molecule has 0 amide bonds. The topological polar surface area (TPSA) is 12.9 Å². The summed E-state index contributed by atoms with van der Waals surface area (Å²) in [5, 5.41) is 1.14. The number of thiazole rings is 1. The van der Waals surface area contributed by atoms with E-state index in [2.05, 4.69) is 18.0 Å². The first-order chi connectivity index (χ1) is 4.74. The lowest BCUT2D eigenvalue weighted by atomic mass is 10.3. The summed E-state index contributed by atoms with van der Waals surface area (Å²) in [6.45, 7) is 6.18. The molecule has 0 aliphatic carbocycles. The number of hydrogen-bond acceptors (Lipinski definition) is 2. The Labute approximate surface area is 65.4 Å². The van der Waals surface area contributed by atoms with E-state index in [1.807, 2.05) is 20.0 Å². The normalized spacial score (nSPS) is 12.1. The lowest BCUT2D eigenvalue weighted by Crippen LogP contribution is -1.67. The molecule has 0 aliphatic rings. The van der Waals surface area contributed by atoms with Crippen LogP contribution >= 0.6 is 11.3 Å². The van der Waals surface area contributed by atoms with Gasteiger partial charge in [0.2, 0.25) is 0 Å². The maximum atomic E-state index is 4.16. The van der Waals surface area contributed by atoms with Crippen molar-refractivity contribution < 1.29 is 0 Å². The largest absolute Gasteiger partial charge is 0.249 e. The molecule has 1 aromatic rings. The molecule has 10 heavy (non-hydrogen) atoms. The molecule has 0 saturated heterocycles. The van der Waals surface area contributed by atoms with E-state index in [1.165, 1.54) is 10.5 Å². The number of allylic oxidation sites excluding steroid dienone is 2. The van der Waals surface area contributed by atoms with Crippen molar-refractivity contribution in [3.8, 4) is 0 Å². The molecule has 0 saturated carbocycles. The van der Waals surface area contributed by atoms with Gasteiger partial charge in [0.05, 0.1) is 5.01 Å². The van der Waals surface area contributed by atoms with Crippen molar-refractivity contribution in [3.05, 3.63) is 22.2 Å². The van der Waals surface area contributed by atoms with Gasteiger partial charge in [0.1, 0.15) is 0 Å². The number of rotatable bonds is 1. The van der Waals surface area contributed by atoms with Crippen LogP contribution in [-0.4, -0.2) is 4.98 Å². The van der Waals surface area contributed by atoms with Crippen LogP contribution in [0, 0.1) is 6.92 Å². The van der Waals surface area contributed by atoms with Crippen LogP contribution in [0.4, 0.5) is 0 Å². The van der Waals surface area contributed by atoms with Crippen LogP contribution in [0.3, 0.4) is 0 Å². The molecule has 0 radical (unpaired) electrons. The van der Waals surface area contributed by atoms with Crippen LogP contribution in [0.1, 0.15) is 23.7 Å². The highest BCUT2D eigenvalue weighted by Gasteiger charge is 1.97. The van der Waals surface area contributed by atoms with Gasteiger partial charge in [-0.15, -0.1) is 11.3 Å². The molecule has 1 nitrogen and oxygen atoms in total. The molecule has 2 heteroatoms. The Bertz CT molecular complexity index is 248. The number of aromatic nitrogens is 1. The van der Waals surface area contributed by atoms with Gasteiger partial charge in [-0.25, -0.2) is 4.98 Å². The second-order valence-electron chi connectivity index (χ2n) is 2.22. The third-order valence-corrected chi connectivity index (χ3v) is 2.49. The van der Waals surface area contributed by atoms with Crippen molar-refractivity contribution in [2.75, 3.05) is 0 Å². The molecular weight excluding hydrogens is 142 g/mol. The maximum Gasteiger partial charge on any atom is 0.0900 e. The second kappa shape index (κ2) is 2.97. The third-order valence-electron chi connectivity index (χ3n) is 1.44. The van der Waals surface area contributed by atoms with Gasteiger partial charge in [-0.2, -0.15) is 0 Å². The van der Waals surface area contributed by atoms with Crippen LogP contribution in [-0.2, 0) is 0 Å². The van der Waals surface area contributed by atoms with Crippen LogP contribution in [0.15, 0.2) is 12.3 Å². The van der Waals surface area contributed by atoms with Crippen molar-refractivity contribution in [3.63, 3.8) is 0 Å². The van der Waals surface area contributed by atoms with Gasteiger partial charge < -0.3 is 0 Å². The first kappa shape index (κ1) is 7.48. The molecule has 0 aromatic carbocycles. The molecule has 54 valence electrons. The van der Waals surface area contributed by atoms with Gasteiger partial charge in [0, 0.05) is 11.1 Å². The summed E-state index contributed by atoms with van der Waals surface area (Å²) >= 11 is 1.74. The minimum absolute atomic E-state index is 1.14. The molecule has 1 rings (SSSR count). The summed E-state index contributed by atoms with van der Waals surface area (Å²) in [6.07, 6.45) is 4.03. The van der Waals surface area contributed by atoms with E-state index in [1.54, 1.807) is 11.3 Å². The van der Waals surface area contributed by atoms with Crippen molar-refractivity contribution in [1.29, 1.82) is 0 Å². The zero-order chi connectivity index (χ0) is 7.56. The van der Waals surface area contributed by atoms with Crippen molar-refractivity contribution in [2.24, 2.45) is 0 Å². The molecule has 0 spiro atoms. The highest BCUT2D eigenvalue weighted by atomic mass is 32.1. The summed E-state index contributed by atoms with van der Waals surface area (Å²) in [5.41, 5.74) is 1.31. The van der Waals surface area contributed by atoms with Gasteiger partial charge in [-0.3, -0.25) is 0 Å². The Kier molecular flexibility index (Phi) is 2.22. The minimum atomic E-state index is 1.14. The Morgan fingerprint density at radius 2 is 2.40 bits per heavy atom. The zero-order valence-electron chi connectivity index (χ0n) is 6.51. The predicted octanol–water partition coefficient (Wildman–Crippen LogP) is 2.87. The van der Waals surface area contributed by atoms with E-state index < -0.39 is 0 Å². The van der Waals surface area contributed by atoms with E-state index in [0.29, 0.717) is 0 Å². The highest BCUT2D eigenvalue weighted by molar-refractivity contribution is 7.12. The fraction of sp³-hybridized carbons (Fsp3) is 0.375. The van der Waals surface area contributed by atoms with Crippen LogP contribution in [0.2, 0.25) is 0 Å². The van der Waals surface area contributed by atoms with Gasteiger partial charge in [-0.05, 0) is 26.3 Å². The molecular formula is C8H11NS. The van der Waals surface area contributed by atoms with Crippen molar-refractivity contribution >= 4 is 16.9 Å². The molecule has 0 unspecified atom stereocenters. The van der Waals surface area contributed by atoms with E-state index in [-0.39, 0.29) is 0 Å². The first-order valence-electron chi connectivity index (χ1n) is 3.29. The molecule has 1 heterocycles. The molecule has 0 atom stereocenters. The Morgan fingerprint density at radius 1 is 1.70 bits per heavy atom. The summed E-state index contributed by atoms with van der Waals surface area (Å²) < 4.78 is 0. The fourth-order valence-corrected chi connectivity index (χ4v) is 1.49. The summed E-state index contributed by atoms with van der Waals surface area (Å²) in [4.78, 5) is 5.44. The van der Waals surface area contributed by atoms with Gasteiger partial charge >= 0.3 is 0 Å². The van der Waals surface area contributed by atoms with Crippen LogP contribution in [0.25, 0.3) is 5.57 Å². The SMILES string of the molecule is C/C=C(\C)c1cnc(C)s1. The monoisotopic (exact) mass is 153 g/mol. The quantitative estimate of drug-likeness (QED) is 0.604. The molecule has 1 aromatic heterocycles.